The average molecular weight is 345 g/mol. The first-order valence-electron chi connectivity index (χ1n) is 7.24. The van der Waals surface area contributed by atoms with Crippen LogP contribution < -0.4 is 20.7 Å². The highest BCUT2D eigenvalue weighted by Crippen LogP contribution is 2.29. The monoisotopic (exact) mass is 345 g/mol. The average Bonchev–Trinajstić information content (AvgIpc) is 3.04. The van der Waals surface area contributed by atoms with Crippen LogP contribution in [0.15, 0.2) is 30.3 Å². The molecule has 3 N–H and O–H groups in total. The van der Waals surface area contributed by atoms with Crippen molar-refractivity contribution in [2.75, 3.05) is 17.7 Å². The van der Waals surface area contributed by atoms with Crippen LogP contribution in [0.1, 0.15) is 21.7 Å². The predicted octanol–water partition coefficient (Wildman–Crippen LogP) is 2.60. The molecule has 0 spiro atoms. The van der Waals surface area contributed by atoms with E-state index in [2.05, 4.69) is 16.0 Å². The fourth-order valence-corrected chi connectivity index (χ4v) is 3.13. The Hall–Kier alpha value is -2.87. The molecule has 1 aliphatic heterocycles. The van der Waals surface area contributed by atoms with Crippen molar-refractivity contribution >= 4 is 40.6 Å². The van der Waals surface area contributed by atoms with Gasteiger partial charge >= 0.3 is 6.03 Å². The van der Waals surface area contributed by atoms with Gasteiger partial charge in [0.05, 0.1) is 12.0 Å². The number of hydrogen-bond donors (Lipinski definition) is 3. The lowest BCUT2D eigenvalue weighted by Gasteiger charge is -2.20. The molecule has 1 aromatic heterocycles. The van der Waals surface area contributed by atoms with Gasteiger partial charge in [-0.2, -0.15) is 0 Å². The molecule has 1 aromatic carbocycles. The second-order valence-electron chi connectivity index (χ2n) is 5.11. The summed E-state index contributed by atoms with van der Waals surface area (Å²) in [4.78, 5) is 35.9. The van der Waals surface area contributed by atoms with Gasteiger partial charge in [-0.25, -0.2) is 4.79 Å². The molecule has 1 aliphatic rings. The van der Waals surface area contributed by atoms with Crippen molar-refractivity contribution in [3.63, 3.8) is 0 Å². The van der Waals surface area contributed by atoms with Gasteiger partial charge in [0.2, 0.25) is 5.91 Å². The predicted molar refractivity (Wildman–Crippen MR) is 90.7 cm³/mol. The summed E-state index contributed by atoms with van der Waals surface area (Å²) in [5.74, 6) is -0.551. The lowest BCUT2D eigenvalue weighted by atomic mass is 10.0. The lowest BCUT2D eigenvalue weighted by Crippen LogP contribution is -2.34. The number of benzene rings is 1. The lowest BCUT2D eigenvalue weighted by molar-refractivity contribution is -0.116. The number of nitrogens with one attached hydrogen (secondary N) is 3. The van der Waals surface area contributed by atoms with Crippen LogP contribution in [0, 0.1) is 0 Å². The number of rotatable bonds is 3. The van der Waals surface area contributed by atoms with Crippen molar-refractivity contribution in [2.45, 2.75) is 12.8 Å². The highest BCUT2D eigenvalue weighted by Gasteiger charge is 2.19. The molecule has 0 radical (unpaired) electrons. The quantitative estimate of drug-likeness (QED) is 0.796. The first-order chi connectivity index (χ1) is 11.6. The summed E-state index contributed by atoms with van der Waals surface area (Å²) in [6.07, 6.45) is 0.898. The first-order valence-corrected chi connectivity index (χ1v) is 8.06. The topological polar surface area (TPSA) is 96.5 Å². The Morgan fingerprint density at radius 3 is 2.79 bits per heavy atom. The van der Waals surface area contributed by atoms with Crippen LogP contribution in [0.5, 0.6) is 5.06 Å². The minimum Gasteiger partial charge on any atom is -0.487 e. The van der Waals surface area contributed by atoms with E-state index in [-0.39, 0.29) is 5.91 Å². The molecular formula is C16H15N3O4S. The van der Waals surface area contributed by atoms with E-state index in [0.717, 1.165) is 16.9 Å². The van der Waals surface area contributed by atoms with Gasteiger partial charge in [-0.05, 0) is 36.2 Å². The third-order valence-corrected chi connectivity index (χ3v) is 4.58. The van der Waals surface area contributed by atoms with E-state index >= 15 is 0 Å². The van der Waals surface area contributed by atoms with Gasteiger partial charge in [-0.1, -0.05) is 17.4 Å². The highest BCUT2D eigenvalue weighted by molar-refractivity contribution is 7.15. The summed E-state index contributed by atoms with van der Waals surface area (Å²) < 4.78 is 5.02. The zero-order valence-electron chi connectivity index (χ0n) is 12.8. The van der Waals surface area contributed by atoms with Crippen LogP contribution in [0.2, 0.25) is 0 Å². The molecule has 124 valence electrons. The number of fused-ring (bicyclic) bond motifs is 1. The molecule has 4 amide bonds. The van der Waals surface area contributed by atoms with Crippen LogP contribution in [-0.2, 0) is 11.2 Å². The Balaban J connectivity index is 1.68. The molecule has 0 saturated heterocycles. The van der Waals surface area contributed by atoms with Gasteiger partial charge < -0.3 is 15.4 Å². The number of methoxy groups -OCH3 is 1. The standard InChI is InChI=1S/C16H15N3O4S/c1-23-14-8-6-12(24-14)15(21)19-16(22)18-11-4-2-3-10-9(11)5-7-13(20)17-10/h2-4,6,8H,5,7H2,1H3,(H,17,20)(H2,18,19,21,22). The summed E-state index contributed by atoms with van der Waals surface area (Å²) >= 11 is 1.15. The van der Waals surface area contributed by atoms with Crippen molar-refractivity contribution < 1.29 is 19.1 Å². The Morgan fingerprint density at radius 2 is 2.04 bits per heavy atom. The van der Waals surface area contributed by atoms with Crippen LogP contribution in [0.4, 0.5) is 16.2 Å². The molecule has 0 fully saturated rings. The fraction of sp³-hybridized carbons (Fsp3) is 0.188. The van der Waals surface area contributed by atoms with E-state index in [0.29, 0.717) is 34.2 Å². The second-order valence-corrected chi connectivity index (χ2v) is 6.16. The van der Waals surface area contributed by atoms with E-state index in [1.54, 1.807) is 30.3 Å². The van der Waals surface area contributed by atoms with Gasteiger partial charge in [0, 0.05) is 17.8 Å². The van der Waals surface area contributed by atoms with Crippen LogP contribution in [0.3, 0.4) is 0 Å². The summed E-state index contributed by atoms with van der Waals surface area (Å²) in [5, 5.41) is 8.28. The number of carbonyl (C=O) groups excluding carboxylic acids is 3. The molecule has 2 heterocycles. The fourth-order valence-electron chi connectivity index (χ4n) is 2.41. The largest absolute Gasteiger partial charge is 0.487 e. The summed E-state index contributed by atoms with van der Waals surface area (Å²) in [7, 11) is 1.51. The zero-order chi connectivity index (χ0) is 17.1. The number of thiophene rings is 1. The number of ether oxygens (including phenoxy) is 1. The maximum Gasteiger partial charge on any atom is 0.326 e. The van der Waals surface area contributed by atoms with Crippen molar-refractivity contribution in [1.29, 1.82) is 0 Å². The normalized spacial score (nSPS) is 12.8. The minimum absolute atomic E-state index is 0.0501. The minimum atomic E-state index is -0.627. The van der Waals surface area contributed by atoms with Gasteiger partial charge in [0.25, 0.3) is 5.91 Å². The number of anilines is 2. The molecule has 7 nitrogen and oxygen atoms in total. The maximum atomic E-state index is 12.1. The Labute approximate surface area is 142 Å². The van der Waals surface area contributed by atoms with E-state index in [1.165, 1.54) is 7.11 Å². The van der Waals surface area contributed by atoms with Crippen LogP contribution in [0.25, 0.3) is 0 Å². The molecule has 0 atom stereocenters. The molecule has 0 unspecified atom stereocenters. The van der Waals surface area contributed by atoms with Crippen molar-refractivity contribution in [2.24, 2.45) is 0 Å². The number of urea groups is 1. The van der Waals surface area contributed by atoms with Crippen LogP contribution in [-0.4, -0.2) is 25.0 Å². The van der Waals surface area contributed by atoms with E-state index in [4.69, 9.17) is 4.74 Å². The van der Waals surface area contributed by atoms with E-state index in [1.807, 2.05) is 0 Å². The molecule has 2 aromatic rings. The SMILES string of the molecule is COc1ccc(C(=O)NC(=O)Nc2cccc3c2CCC(=O)N3)s1. The third kappa shape index (κ3) is 3.38. The zero-order valence-corrected chi connectivity index (χ0v) is 13.7. The molecule has 24 heavy (non-hydrogen) atoms. The molecular weight excluding hydrogens is 330 g/mol. The highest BCUT2D eigenvalue weighted by atomic mass is 32.1. The molecule has 0 bridgehead atoms. The van der Waals surface area contributed by atoms with Crippen molar-refractivity contribution in [3.8, 4) is 5.06 Å². The van der Waals surface area contributed by atoms with Crippen molar-refractivity contribution in [3.05, 3.63) is 40.8 Å². The van der Waals surface area contributed by atoms with Gasteiger partial charge in [-0.15, -0.1) is 0 Å². The number of carbonyl (C=O) groups is 3. The van der Waals surface area contributed by atoms with E-state index < -0.39 is 11.9 Å². The Bertz CT molecular complexity index is 815. The molecule has 8 heteroatoms. The smallest absolute Gasteiger partial charge is 0.326 e. The van der Waals surface area contributed by atoms with Gasteiger partial charge in [0.1, 0.15) is 0 Å². The van der Waals surface area contributed by atoms with E-state index in [9.17, 15) is 14.4 Å². The van der Waals surface area contributed by atoms with Gasteiger partial charge in [-0.3, -0.25) is 14.9 Å². The Morgan fingerprint density at radius 1 is 1.21 bits per heavy atom. The first kappa shape index (κ1) is 16.0. The summed E-state index contributed by atoms with van der Waals surface area (Å²) in [5.41, 5.74) is 2.09. The number of hydrogen-bond acceptors (Lipinski definition) is 5. The summed E-state index contributed by atoms with van der Waals surface area (Å²) in [6, 6.07) is 7.86. The maximum absolute atomic E-state index is 12.1. The number of imide groups is 1. The number of amides is 4. The second kappa shape index (κ2) is 6.71. The van der Waals surface area contributed by atoms with Gasteiger partial charge in [0.15, 0.2) is 5.06 Å². The summed E-state index contributed by atoms with van der Waals surface area (Å²) in [6.45, 7) is 0. The Kier molecular flexibility index (Phi) is 4.48. The van der Waals surface area contributed by atoms with Crippen LogP contribution >= 0.6 is 11.3 Å². The van der Waals surface area contributed by atoms with Crippen molar-refractivity contribution in [1.82, 2.24) is 5.32 Å². The molecule has 3 rings (SSSR count). The third-order valence-electron chi connectivity index (χ3n) is 3.53. The molecule has 0 saturated carbocycles. The molecule has 0 aliphatic carbocycles.